The van der Waals surface area contributed by atoms with E-state index in [2.05, 4.69) is 16.1 Å². The highest BCUT2D eigenvalue weighted by atomic mass is 35.5. The van der Waals surface area contributed by atoms with Gasteiger partial charge in [-0.15, -0.1) is 23.7 Å². The minimum atomic E-state index is 0. The van der Waals surface area contributed by atoms with Crippen molar-refractivity contribution < 1.29 is 4.79 Å². The molecule has 1 fully saturated rings. The molecule has 4 rings (SSSR count). The topological polar surface area (TPSA) is 32.3 Å². The van der Waals surface area contributed by atoms with Crippen LogP contribution in [0.5, 0.6) is 0 Å². The van der Waals surface area contributed by atoms with E-state index >= 15 is 0 Å². The van der Waals surface area contributed by atoms with Crippen molar-refractivity contribution in [3.8, 4) is 0 Å². The third-order valence-corrected chi connectivity index (χ3v) is 4.50. The summed E-state index contributed by atoms with van der Waals surface area (Å²) in [5.74, 6) is 0.467. The second-order valence-corrected chi connectivity index (χ2v) is 5.84. The number of amides is 1. The monoisotopic (exact) mass is 306 g/mol. The zero-order valence-electron chi connectivity index (χ0n) is 10.8. The molecule has 1 N–H and O–H groups in total. The molecule has 2 heterocycles. The number of carbonyl (C=O) groups excluding carboxylic acids is 1. The lowest BCUT2D eigenvalue weighted by molar-refractivity contribution is -0.119. The molecule has 0 radical (unpaired) electrons. The number of halogens is 1. The van der Waals surface area contributed by atoms with Gasteiger partial charge in [-0.1, -0.05) is 12.1 Å². The van der Waals surface area contributed by atoms with Crippen LogP contribution in [-0.4, -0.2) is 5.91 Å². The lowest BCUT2D eigenvalue weighted by Crippen LogP contribution is -2.27. The van der Waals surface area contributed by atoms with E-state index < -0.39 is 0 Å². The molecule has 0 unspecified atom stereocenters. The number of hydrogen-bond acceptors (Lipinski definition) is 3. The number of fused-ring (bicyclic) bond motifs is 2. The second-order valence-electron chi connectivity index (χ2n) is 5.10. The van der Waals surface area contributed by atoms with Gasteiger partial charge in [-0.05, 0) is 30.4 Å². The summed E-state index contributed by atoms with van der Waals surface area (Å²) in [6.45, 7) is 0.782. The number of nitrogens with zero attached hydrogens (tertiary/aromatic N) is 1. The van der Waals surface area contributed by atoms with Gasteiger partial charge >= 0.3 is 0 Å². The highest BCUT2D eigenvalue weighted by Gasteiger charge is 2.37. The van der Waals surface area contributed by atoms with Gasteiger partial charge in [0.1, 0.15) is 0 Å². The van der Waals surface area contributed by atoms with Crippen molar-refractivity contribution in [1.82, 2.24) is 0 Å². The van der Waals surface area contributed by atoms with Crippen LogP contribution in [0.2, 0.25) is 0 Å². The third-order valence-electron chi connectivity index (χ3n) is 3.72. The van der Waals surface area contributed by atoms with Crippen LogP contribution in [0.3, 0.4) is 0 Å². The summed E-state index contributed by atoms with van der Waals surface area (Å²) in [7, 11) is 0. The molecule has 1 aromatic heterocycles. The van der Waals surface area contributed by atoms with Crippen molar-refractivity contribution >= 4 is 46.7 Å². The smallest absolute Gasteiger partial charge is 0.234 e. The van der Waals surface area contributed by atoms with E-state index in [1.54, 1.807) is 11.3 Å². The first kappa shape index (κ1) is 13.5. The molecule has 0 atom stereocenters. The predicted molar refractivity (Wildman–Crippen MR) is 85.2 cm³/mol. The van der Waals surface area contributed by atoms with Gasteiger partial charge in [0.05, 0.1) is 17.1 Å². The molecule has 0 bridgehead atoms. The Kier molecular flexibility index (Phi) is 3.44. The molecule has 1 aromatic carbocycles. The number of anilines is 3. The summed E-state index contributed by atoms with van der Waals surface area (Å²) in [4.78, 5) is 14.6. The zero-order valence-corrected chi connectivity index (χ0v) is 12.5. The van der Waals surface area contributed by atoms with Gasteiger partial charge in [0.15, 0.2) is 0 Å². The summed E-state index contributed by atoms with van der Waals surface area (Å²) in [5, 5.41) is 7.63. The van der Waals surface area contributed by atoms with Gasteiger partial charge < -0.3 is 5.32 Å². The largest absolute Gasteiger partial charge is 0.379 e. The quantitative estimate of drug-likeness (QED) is 0.857. The third kappa shape index (κ3) is 2.09. The first-order valence-electron chi connectivity index (χ1n) is 6.56. The summed E-state index contributed by atoms with van der Waals surface area (Å²) in [6, 6.07) is 8.06. The molecule has 2 aromatic rings. The Labute approximate surface area is 128 Å². The van der Waals surface area contributed by atoms with E-state index in [9.17, 15) is 4.79 Å². The lowest BCUT2D eigenvalue weighted by atomic mass is 10.2. The maximum absolute atomic E-state index is 12.6. The van der Waals surface area contributed by atoms with Gasteiger partial charge in [-0.2, -0.15) is 0 Å². The van der Waals surface area contributed by atoms with Crippen molar-refractivity contribution in [2.45, 2.75) is 19.4 Å². The SMILES string of the molecule is Cl.O=C(C1CC1)N1c2cscc2CNc2ccccc21. The van der Waals surface area contributed by atoms with Crippen molar-refractivity contribution in [2.24, 2.45) is 5.92 Å². The van der Waals surface area contributed by atoms with Crippen LogP contribution in [-0.2, 0) is 11.3 Å². The Balaban J connectivity index is 0.00000121. The van der Waals surface area contributed by atoms with Crippen LogP contribution in [0, 0.1) is 5.92 Å². The van der Waals surface area contributed by atoms with Crippen molar-refractivity contribution in [3.63, 3.8) is 0 Å². The lowest BCUT2D eigenvalue weighted by Gasteiger charge is -2.22. The molecule has 104 valence electrons. The van der Waals surface area contributed by atoms with E-state index in [0.717, 1.165) is 36.4 Å². The van der Waals surface area contributed by atoms with Gasteiger partial charge in [-0.25, -0.2) is 0 Å². The molecule has 5 heteroatoms. The van der Waals surface area contributed by atoms with Gasteiger partial charge in [-0.3, -0.25) is 9.69 Å². The molecule has 1 aliphatic heterocycles. The van der Waals surface area contributed by atoms with Crippen molar-refractivity contribution in [1.29, 1.82) is 0 Å². The van der Waals surface area contributed by atoms with E-state index in [1.807, 2.05) is 29.2 Å². The Morgan fingerprint density at radius 1 is 1.20 bits per heavy atom. The minimum absolute atomic E-state index is 0. The number of carbonyl (C=O) groups is 1. The van der Waals surface area contributed by atoms with Crippen LogP contribution < -0.4 is 10.2 Å². The van der Waals surface area contributed by atoms with Crippen LogP contribution in [0.15, 0.2) is 35.0 Å². The van der Waals surface area contributed by atoms with Gasteiger partial charge in [0.25, 0.3) is 0 Å². The number of benzene rings is 1. The molecule has 3 nitrogen and oxygen atoms in total. The first-order valence-corrected chi connectivity index (χ1v) is 7.51. The molecular formula is C15H15ClN2OS. The Morgan fingerprint density at radius 3 is 2.80 bits per heavy atom. The average Bonchev–Trinajstić information content (AvgIpc) is 3.21. The van der Waals surface area contributed by atoms with E-state index in [-0.39, 0.29) is 24.2 Å². The van der Waals surface area contributed by atoms with E-state index in [4.69, 9.17) is 0 Å². The summed E-state index contributed by atoms with van der Waals surface area (Å²) in [5.41, 5.74) is 4.28. The fourth-order valence-corrected chi connectivity index (χ4v) is 3.36. The van der Waals surface area contributed by atoms with Gasteiger partial charge in [0.2, 0.25) is 5.91 Å². The molecule has 0 saturated heterocycles. The number of rotatable bonds is 1. The molecule has 2 aliphatic rings. The number of nitrogens with one attached hydrogen (secondary N) is 1. The molecule has 1 saturated carbocycles. The normalized spacial score (nSPS) is 16.3. The number of para-hydroxylation sites is 2. The zero-order chi connectivity index (χ0) is 12.8. The number of hydrogen-bond donors (Lipinski definition) is 1. The Morgan fingerprint density at radius 2 is 2.00 bits per heavy atom. The summed E-state index contributed by atoms with van der Waals surface area (Å²) >= 11 is 1.66. The maximum atomic E-state index is 12.6. The Bertz CT molecular complexity index is 651. The minimum Gasteiger partial charge on any atom is -0.379 e. The maximum Gasteiger partial charge on any atom is 0.234 e. The van der Waals surface area contributed by atoms with Crippen molar-refractivity contribution in [3.05, 3.63) is 40.6 Å². The average molecular weight is 307 g/mol. The fraction of sp³-hybridized carbons (Fsp3) is 0.267. The van der Waals surface area contributed by atoms with Gasteiger partial charge in [0, 0.05) is 23.4 Å². The van der Waals surface area contributed by atoms with E-state index in [0.29, 0.717) is 0 Å². The fourth-order valence-electron chi connectivity index (χ4n) is 2.53. The molecule has 20 heavy (non-hydrogen) atoms. The van der Waals surface area contributed by atoms with E-state index in [1.165, 1.54) is 5.56 Å². The number of thiophene rings is 1. The molecule has 1 aliphatic carbocycles. The highest BCUT2D eigenvalue weighted by molar-refractivity contribution is 7.08. The highest BCUT2D eigenvalue weighted by Crippen LogP contribution is 2.43. The second kappa shape index (κ2) is 5.11. The van der Waals surface area contributed by atoms with Crippen LogP contribution in [0.1, 0.15) is 18.4 Å². The first-order chi connectivity index (χ1) is 9.34. The van der Waals surface area contributed by atoms with Crippen molar-refractivity contribution in [2.75, 3.05) is 10.2 Å². The Hall–Kier alpha value is -1.52. The summed E-state index contributed by atoms with van der Waals surface area (Å²) < 4.78 is 0. The molecule has 0 spiro atoms. The van der Waals surface area contributed by atoms with Crippen LogP contribution in [0.25, 0.3) is 0 Å². The van der Waals surface area contributed by atoms with Crippen LogP contribution in [0.4, 0.5) is 17.1 Å². The van der Waals surface area contributed by atoms with Crippen LogP contribution >= 0.6 is 23.7 Å². The molecule has 1 amide bonds. The summed E-state index contributed by atoms with van der Waals surface area (Å²) in [6.07, 6.45) is 2.06. The standard InChI is InChI=1S/C15H14N2OS.ClH/c18-15(10-5-6-10)17-13-4-2-1-3-12(13)16-7-11-8-19-9-14(11)17;/h1-4,8-10,16H,5-7H2;1H. The predicted octanol–water partition coefficient (Wildman–Crippen LogP) is 4.17. The molecular weight excluding hydrogens is 292 g/mol.